The lowest BCUT2D eigenvalue weighted by molar-refractivity contribution is -0.138. The second kappa shape index (κ2) is 10.5. The molecule has 0 aromatic heterocycles. The second-order valence-corrected chi connectivity index (χ2v) is 13.0. The van der Waals surface area contributed by atoms with Gasteiger partial charge in [0.25, 0.3) is 0 Å². The highest BCUT2D eigenvalue weighted by Crippen LogP contribution is 2.38. The van der Waals surface area contributed by atoms with Crippen LogP contribution in [0, 0.1) is 17.6 Å². The molecule has 0 aliphatic carbocycles. The van der Waals surface area contributed by atoms with E-state index in [9.17, 15) is 30.4 Å². The summed E-state index contributed by atoms with van der Waals surface area (Å²) in [7, 11) is -7.74. The molecule has 0 saturated carbocycles. The third-order valence-electron chi connectivity index (χ3n) is 6.74. The number of piperidine rings is 2. The maximum Gasteiger partial charge on any atom is 0.246 e. The molecule has 2 atom stereocenters. The number of carbonyl (C=O) groups excluding carboxylic acids is 1. The zero-order valence-corrected chi connectivity index (χ0v) is 21.4. The molecule has 8 nitrogen and oxygen atoms in total. The molecule has 2 saturated heterocycles. The minimum atomic E-state index is -4.39. The van der Waals surface area contributed by atoms with Gasteiger partial charge in [-0.1, -0.05) is 30.3 Å². The first-order valence-corrected chi connectivity index (χ1v) is 15.1. The number of hydrogen-bond donors (Lipinski definition) is 1. The third kappa shape index (κ3) is 5.93. The van der Waals surface area contributed by atoms with Gasteiger partial charge in [0, 0.05) is 31.7 Å². The summed E-state index contributed by atoms with van der Waals surface area (Å²) < 4.78 is 81.9. The number of sulfonamides is 2. The normalized spacial score (nSPS) is 22.5. The van der Waals surface area contributed by atoms with Crippen molar-refractivity contribution in [2.45, 2.75) is 42.7 Å². The van der Waals surface area contributed by atoms with Crippen molar-refractivity contribution in [3.8, 4) is 0 Å². The van der Waals surface area contributed by atoms with Gasteiger partial charge in [-0.25, -0.2) is 30.3 Å². The number of carbonyl (C=O) groups is 1. The highest BCUT2D eigenvalue weighted by molar-refractivity contribution is 7.89. The van der Waals surface area contributed by atoms with Crippen LogP contribution in [-0.4, -0.2) is 63.9 Å². The molecule has 2 fully saturated rings. The SMILES string of the molecule is CS(=O)(=O)NC1CCN(C(=O)C2CCC(c3ccccc3)N(S(=O)(=O)c3ccc(F)cc3F)C2)CC1. The van der Waals surface area contributed by atoms with Gasteiger partial charge in [0.2, 0.25) is 26.0 Å². The van der Waals surface area contributed by atoms with Gasteiger partial charge in [0.05, 0.1) is 18.2 Å². The van der Waals surface area contributed by atoms with E-state index in [2.05, 4.69) is 4.72 Å². The van der Waals surface area contributed by atoms with Gasteiger partial charge < -0.3 is 4.90 Å². The predicted molar refractivity (Wildman–Crippen MR) is 130 cm³/mol. The van der Waals surface area contributed by atoms with E-state index >= 15 is 0 Å². The molecule has 2 aromatic rings. The minimum absolute atomic E-state index is 0.140. The van der Waals surface area contributed by atoms with Crippen molar-refractivity contribution >= 4 is 26.0 Å². The zero-order chi connectivity index (χ0) is 26.1. The van der Waals surface area contributed by atoms with E-state index in [0.29, 0.717) is 44.8 Å². The number of nitrogens with one attached hydrogen (secondary N) is 1. The number of nitrogens with zero attached hydrogens (tertiary/aromatic N) is 2. The highest BCUT2D eigenvalue weighted by atomic mass is 32.2. The van der Waals surface area contributed by atoms with Crippen LogP contribution in [-0.2, 0) is 24.8 Å². The van der Waals surface area contributed by atoms with E-state index in [1.807, 2.05) is 0 Å². The molecule has 36 heavy (non-hydrogen) atoms. The number of halogens is 2. The van der Waals surface area contributed by atoms with Gasteiger partial charge >= 0.3 is 0 Å². The Morgan fingerprint density at radius 1 is 0.944 bits per heavy atom. The number of hydrogen-bond acceptors (Lipinski definition) is 5. The van der Waals surface area contributed by atoms with Crippen LogP contribution in [0.25, 0.3) is 0 Å². The van der Waals surface area contributed by atoms with Crippen molar-refractivity contribution in [2.24, 2.45) is 5.92 Å². The molecule has 0 radical (unpaired) electrons. The summed E-state index contributed by atoms with van der Waals surface area (Å²) >= 11 is 0. The van der Waals surface area contributed by atoms with Gasteiger partial charge in [-0.3, -0.25) is 4.79 Å². The summed E-state index contributed by atoms with van der Waals surface area (Å²) in [6, 6.07) is 10.4. The van der Waals surface area contributed by atoms with Gasteiger partial charge in [0.15, 0.2) is 0 Å². The Hall–Kier alpha value is -2.41. The lowest BCUT2D eigenvalue weighted by Gasteiger charge is -2.41. The molecule has 1 N–H and O–H groups in total. The molecule has 2 aliphatic heterocycles. The standard InChI is InChI=1S/C24H29F2N3O5S2/c1-35(31,32)27-20-11-13-28(14-12-20)24(30)18-7-9-22(17-5-3-2-4-6-17)29(16-18)36(33,34)23-10-8-19(25)15-21(23)26/h2-6,8,10,15,18,20,22,27H,7,9,11-14,16H2,1H3. The molecular weight excluding hydrogens is 512 g/mol. The molecular formula is C24H29F2N3O5S2. The van der Waals surface area contributed by atoms with E-state index in [-0.39, 0.29) is 18.5 Å². The van der Waals surface area contributed by atoms with Crippen molar-refractivity contribution in [1.29, 1.82) is 0 Å². The Balaban J connectivity index is 1.57. The van der Waals surface area contributed by atoms with Crippen LogP contribution in [0.15, 0.2) is 53.4 Å². The van der Waals surface area contributed by atoms with E-state index in [1.54, 1.807) is 35.2 Å². The van der Waals surface area contributed by atoms with Crippen LogP contribution in [0.5, 0.6) is 0 Å². The fourth-order valence-electron chi connectivity index (χ4n) is 5.00. The van der Waals surface area contributed by atoms with Crippen molar-refractivity contribution in [3.05, 3.63) is 65.7 Å². The summed E-state index contributed by atoms with van der Waals surface area (Å²) in [6.45, 7) is 0.563. The van der Waals surface area contributed by atoms with Crippen LogP contribution in [0.4, 0.5) is 8.78 Å². The first-order chi connectivity index (χ1) is 17.0. The van der Waals surface area contributed by atoms with Gasteiger partial charge in [0.1, 0.15) is 16.5 Å². The van der Waals surface area contributed by atoms with Crippen LogP contribution >= 0.6 is 0 Å². The van der Waals surface area contributed by atoms with E-state index in [4.69, 9.17) is 0 Å². The number of amides is 1. The van der Waals surface area contributed by atoms with Gasteiger partial charge in [-0.05, 0) is 43.4 Å². The van der Waals surface area contributed by atoms with Crippen molar-refractivity contribution in [2.75, 3.05) is 25.9 Å². The monoisotopic (exact) mass is 541 g/mol. The van der Waals surface area contributed by atoms with Gasteiger partial charge in [-0.2, -0.15) is 4.31 Å². The largest absolute Gasteiger partial charge is 0.342 e. The van der Waals surface area contributed by atoms with Crippen LogP contribution in [0.2, 0.25) is 0 Å². The topological polar surface area (TPSA) is 104 Å². The summed E-state index contributed by atoms with van der Waals surface area (Å²) in [6.07, 6.45) is 2.81. The predicted octanol–water partition coefficient (Wildman–Crippen LogP) is 2.65. The molecule has 196 valence electrons. The minimum Gasteiger partial charge on any atom is -0.342 e. The summed E-state index contributed by atoms with van der Waals surface area (Å²) in [5.41, 5.74) is 0.724. The first-order valence-electron chi connectivity index (χ1n) is 11.7. The van der Waals surface area contributed by atoms with Crippen molar-refractivity contribution < 1.29 is 30.4 Å². The molecule has 2 aromatic carbocycles. The van der Waals surface area contributed by atoms with Crippen molar-refractivity contribution in [1.82, 2.24) is 13.9 Å². The summed E-state index contributed by atoms with van der Waals surface area (Å²) in [5, 5.41) is 0. The molecule has 1 amide bonds. The highest BCUT2D eigenvalue weighted by Gasteiger charge is 2.42. The molecule has 12 heteroatoms. The van der Waals surface area contributed by atoms with E-state index < -0.39 is 48.5 Å². The lowest BCUT2D eigenvalue weighted by Crippen LogP contribution is -2.51. The van der Waals surface area contributed by atoms with Crippen molar-refractivity contribution in [3.63, 3.8) is 0 Å². The second-order valence-electron chi connectivity index (χ2n) is 9.34. The average Bonchev–Trinajstić information content (AvgIpc) is 2.83. The van der Waals surface area contributed by atoms with Crippen LogP contribution < -0.4 is 4.72 Å². The third-order valence-corrected chi connectivity index (χ3v) is 9.41. The number of rotatable bonds is 6. The summed E-state index contributed by atoms with van der Waals surface area (Å²) in [4.78, 5) is 14.4. The number of likely N-dealkylation sites (tertiary alicyclic amines) is 1. The Labute approximate surface area is 210 Å². The fraction of sp³-hybridized carbons (Fsp3) is 0.458. The Morgan fingerprint density at radius 2 is 1.61 bits per heavy atom. The Bertz CT molecular complexity index is 1310. The molecule has 2 unspecified atom stereocenters. The molecule has 2 heterocycles. The van der Waals surface area contributed by atoms with Crippen LogP contribution in [0.1, 0.15) is 37.3 Å². The Morgan fingerprint density at radius 3 is 2.22 bits per heavy atom. The maximum absolute atomic E-state index is 14.6. The Kier molecular flexibility index (Phi) is 7.79. The molecule has 0 bridgehead atoms. The molecule has 2 aliphatic rings. The fourth-order valence-corrected chi connectivity index (χ4v) is 7.58. The maximum atomic E-state index is 14.6. The smallest absolute Gasteiger partial charge is 0.246 e. The van der Waals surface area contributed by atoms with Gasteiger partial charge in [-0.15, -0.1) is 0 Å². The molecule has 0 spiro atoms. The molecule has 4 rings (SSSR count). The number of benzene rings is 2. The van der Waals surface area contributed by atoms with Crippen LogP contribution in [0.3, 0.4) is 0 Å². The lowest BCUT2D eigenvalue weighted by atomic mass is 9.89. The zero-order valence-electron chi connectivity index (χ0n) is 19.8. The van der Waals surface area contributed by atoms with E-state index in [0.717, 1.165) is 28.3 Å². The summed E-state index contributed by atoms with van der Waals surface area (Å²) in [5.74, 6) is -2.91. The average molecular weight is 542 g/mol. The van der Waals surface area contributed by atoms with E-state index in [1.165, 1.54) is 0 Å². The quantitative estimate of drug-likeness (QED) is 0.606. The first kappa shape index (κ1) is 26.6.